The van der Waals surface area contributed by atoms with Gasteiger partial charge in [-0.1, -0.05) is 18.2 Å². The summed E-state index contributed by atoms with van der Waals surface area (Å²) in [7, 11) is 0. The molecule has 0 fully saturated rings. The van der Waals surface area contributed by atoms with Crippen LogP contribution in [0.15, 0.2) is 44.0 Å². The van der Waals surface area contributed by atoms with E-state index in [0.717, 1.165) is 0 Å². The lowest BCUT2D eigenvalue weighted by molar-refractivity contribution is -0.392. The summed E-state index contributed by atoms with van der Waals surface area (Å²) in [6.07, 6.45) is 5.08. The molecule has 0 aliphatic carbocycles. The Hall–Kier alpha value is -2.96. The topological polar surface area (TPSA) is 98.3 Å². The normalized spacial score (nSPS) is 9.82. The number of nitro groups is 2. The summed E-state index contributed by atoms with van der Waals surface area (Å²) in [5, 5.41) is 25.4. The van der Waals surface area contributed by atoms with Crippen LogP contribution in [-0.4, -0.2) is 16.4 Å². The molecule has 0 aliphatic rings. The van der Waals surface area contributed by atoms with E-state index in [1.807, 2.05) is 0 Å². The van der Waals surface area contributed by atoms with Crippen molar-refractivity contribution in [2.75, 3.05) is 11.9 Å². The van der Waals surface area contributed by atoms with E-state index in [9.17, 15) is 20.2 Å². The van der Waals surface area contributed by atoms with Crippen LogP contribution in [0.4, 0.5) is 17.1 Å². The fourth-order valence-electron chi connectivity index (χ4n) is 2.15. The average molecular weight is 303 g/mol. The Morgan fingerprint density at radius 2 is 1.68 bits per heavy atom. The number of benzene rings is 1. The lowest BCUT2D eigenvalue weighted by Crippen LogP contribution is -2.10. The van der Waals surface area contributed by atoms with Crippen LogP contribution in [0.2, 0.25) is 0 Å². The van der Waals surface area contributed by atoms with E-state index in [2.05, 4.69) is 25.1 Å². The lowest BCUT2D eigenvalue weighted by Gasteiger charge is -2.12. The lowest BCUT2D eigenvalue weighted by atomic mass is 9.97. The molecule has 0 radical (unpaired) electrons. The predicted octanol–water partition coefficient (Wildman–Crippen LogP) is 3.56. The van der Waals surface area contributed by atoms with Gasteiger partial charge in [0.2, 0.25) is 0 Å². The minimum absolute atomic E-state index is 0.112. The van der Waals surface area contributed by atoms with Crippen molar-refractivity contribution in [1.29, 1.82) is 0 Å². The number of rotatable bonds is 9. The Kier molecular flexibility index (Phi) is 6.00. The molecule has 0 atom stereocenters. The maximum absolute atomic E-state index is 11.5. The molecular weight excluding hydrogens is 286 g/mol. The molecule has 0 heterocycles. The summed E-state index contributed by atoms with van der Waals surface area (Å²) in [5.41, 5.74) is 0.153. The first-order valence-electron chi connectivity index (χ1n) is 6.52. The molecule has 1 aromatic carbocycles. The van der Waals surface area contributed by atoms with Crippen LogP contribution in [0, 0.1) is 20.2 Å². The van der Waals surface area contributed by atoms with E-state index < -0.39 is 9.85 Å². The zero-order chi connectivity index (χ0) is 16.7. The smallest absolute Gasteiger partial charge is 0.303 e. The highest BCUT2D eigenvalue weighted by molar-refractivity contribution is 5.78. The Morgan fingerprint density at radius 1 is 1.05 bits per heavy atom. The zero-order valence-electron chi connectivity index (χ0n) is 12.1. The van der Waals surface area contributed by atoms with Crippen molar-refractivity contribution < 1.29 is 9.85 Å². The molecule has 0 aliphatic heterocycles. The van der Waals surface area contributed by atoms with Gasteiger partial charge in [-0.25, -0.2) is 0 Å². The molecule has 0 aromatic heterocycles. The third-order valence-electron chi connectivity index (χ3n) is 2.99. The molecule has 1 aromatic rings. The fourth-order valence-corrected chi connectivity index (χ4v) is 2.15. The van der Waals surface area contributed by atoms with E-state index >= 15 is 0 Å². The molecule has 0 bridgehead atoms. The Bertz CT molecular complexity index is 638. The standard InChI is InChI=1S/C15H17N3O4/c1-4-7-11-10-13(17(19)20)14(16-9-6-3)15(18(21)22)12(11)8-5-2/h4-6,10,16H,1-3,7-9H2. The van der Waals surface area contributed by atoms with Crippen molar-refractivity contribution in [2.45, 2.75) is 12.8 Å². The van der Waals surface area contributed by atoms with Crippen LogP contribution in [0.5, 0.6) is 0 Å². The Balaban J connectivity index is 3.75. The van der Waals surface area contributed by atoms with Crippen molar-refractivity contribution >= 4 is 17.1 Å². The second kappa shape index (κ2) is 7.72. The highest BCUT2D eigenvalue weighted by atomic mass is 16.6. The second-order valence-corrected chi connectivity index (χ2v) is 4.43. The molecule has 7 heteroatoms. The number of hydrogen-bond acceptors (Lipinski definition) is 5. The van der Waals surface area contributed by atoms with Crippen molar-refractivity contribution in [2.24, 2.45) is 0 Å². The van der Waals surface area contributed by atoms with Crippen molar-refractivity contribution in [3.63, 3.8) is 0 Å². The van der Waals surface area contributed by atoms with Gasteiger partial charge in [-0.05, 0) is 18.4 Å². The number of hydrogen-bond donors (Lipinski definition) is 1. The number of nitrogens with one attached hydrogen (secondary N) is 1. The van der Waals surface area contributed by atoms with Gasteiger partial charge in [0, 0.05) is 18.2 Å². The maximum Gasteiger partial charge on any atom is 0.303 e. The molecular formula is C15H17N3O4. The van der Waals surface area contributed by atoms with Gasteiger partial charge in [0.05, 0.1) is 9.85 Å². The maximum atomic E-state index is 11.5. The van der Waals surface area contributed by atoms with Gasteiger partial charge in [0.25, 0.3) is 5.69 Å². The van der Waals surface area contributed by atoms with E-state index in [4.69, 9.17) is 0 Å². The van der Waals surface area contributed by atoms with E-state index in [0.29, 0.717) is 17.5 Å². The summed E-state index contributed by atoms with van der Waals surface area (Å²) in [5.74, 6) is 0. The van der Waals surface area contributed by atoms with Gasteiger partial charge >= 0.3 is 5.69 Å². The minimum atomic E-state index is -0.636. The van der Waals surface area contributed by atoms with Gasteiger partial charge in [-0.3, -0.25) is 20.2 Å². The molecule has 116 valence electrons. The van der Waals surface area contributed by atoms with Crippen molar-refractivity contribution in [1.82, 2.24) is 0 Å². The van der Waals surface area contributed by atoms with Gasteiger partial charge in [0.15, 0.2) is 5.69 Å². The van der Waals surface area contributed by atoms with Crippen LogP contribution in [-0.2, 0) is 12.8 Å². The largest absolute Gasteiger partial charge is 0.370 e. The number of anilines is 1. The summed E-state index contributed by atoms with van der Waals surface area (Å²) in [6, 6.07) is 1.35. The van der Waals surface area contributed by atoms with Crippen LogP contribution < -0.4 is 5.32 Å². The van der Waals surface area contributed by atoms with Gasteiger partial charge in [-0.2, -0.15) is 0 Å². The van der Waals surface area contributed by atoms with Crippen molar-refractivity contribution in [3.8, 4) is 0 Å². The molecule has 0 saturated heterocycles. The van der Waals surface area contributed by atoms with Crippen LogP contribution in [0.1, 0.15) is 11.1 Å². The first-order valence-corrected chi connectivity index (χ1v) is 6.52. The third kappa shape index (κ3) is 3.57. The summed E-state index contributed by atoms with van der Waals surface area (Å²) in [6.45, 7) is 10.8. The molecule has 1 rings (SSSR count). The fraction of sp³-hybridized carbons (Fsp3) is 0.200. The monoisotopic (exact) mass is 303 g/mol. The first kappa shape index (κ1) is 17.1. The minimum Gasteiger partial charge on any atom is -0.370 e. The molecule has 0 saturated carbocycles. The van der Waals surface area contributed by atoms with Crippen molar-refractivity contribution in [3.05, 3.63) is 75.4 Å². The molecule has 0 spiro atoms. The van der Waals surface area contributed by atoms with E-state index in [1.54, 1.807) is 6.08 Å². The van der Waals surface area contributed by atoms with E-state index in [-0.39, 0.29) is 30.0 Å². The van der Waals surface area contributed by atoms with Crippen LogP contribution in [0.3, 0.4) is 0 Å². The third-order valence-corrected chi connectivity index (χ3v) is 2.99. The molecule has 7 nitrogen and oxygen atoms in total. The second-order valence-electron chi connectivity index (χ2n) is 4.43. The summed E-state index contributed by atoms with van der Waals surface area (Å²) < 4.78 is 0. The predicted molar refractivity (Wildman–Crippen MR) is 86.2 cm³/mol. The number of nitro benzene ring substituents is 2. The van der Waals surface area contributed by atoms with E-state index in [1.165, 1.54) is 18.2 Å². The Morgan fingerprint density at radius 3 is 2.14 bits per heavy atom. The molecule has 0 unspecified atom stereocenters. The SMILES string of the molecule is C=CCNc1c([N+](=O)[O-])cc(CC=C)c(CC=C)c1[N+](=O)[O-]. The van der Waals surface area contributed by atoms with Crippen LogP contribution >= 0.6 is 0 Å². The summed E-state index contributed by atoms with van der Waals surface area (Å²) >= 11 is 0. The Labute approximate surface area is 128 Å². The highest BCUT2D eigenvalue weighted by Gasteiger charge is 2.30. The molecule has 1 N–H and O–H groups in total. The average Bonchev–Trinajstić information content (AvgIpc) is 2.46. The summed E-state index contributed by atoms with van der Waals surface area (Å²) in [4.78, 5) is 21.5. The zero-order valence-corrected chi connectivity index (χ0v) is 12.1. The highest BCUT2D eigenvalue weighted by Crippen LogP contribution is 2.40. The molecule has 22 heavy (non-hydrogen) atoms. The quantitative estimate of drug-likeness (QED) is 0.427. The van der Waals surface area contributed by atoms with Gasteiger partial charge in [-0.15, -0.1) is 19.7 Å². The van der Waals surface area contributed by atoms with Gasteiger partial charge < -0.3 is 5.32 Å². The number of allylic oxidation sites excluding steroid dienone is 2. The molecule has 0 amide bonds. The number of nitrogens with zero attached hydrogens (tertiary/aromatic N) is 2. The van der Waals surface area contributed by atoms with Crippen LogP contribution in [0.25, 0.3) is 0 Å². The van der Waals surface area contributed by atoms with Gasteiger partial charge in [0.1, 0.15) is 0 Å². The first-order chi connectivity index (χ1) is 10.5.